The minimum absolute atomic E-state index is 0.233. The van der Waals surface area contributed by atoms with Gasteiger partial charge in [-0.3, -0.25) is 4.40 Å². The number of fused-ring (bicyclic) bond motifs is 1. The number of halogens is 7. The van der Waals surface area contributed by atoms with Gasteiger partial charge in [-0.15, -0.1) is 0 Å². The van der Waals surface area contributed by atoms with Crippen LogP contribution in [0.1, 0.15) is 40.3 Å². The fourth-order valence-corrected chi connectivity index (χ4v) is 2.99. The Morgan fingerprint density at radius 2 is 1.76 bits per heavy atom. The molecule has 0 spiro atoms. The maximum Gasteiger partial charge on any atom is 0.435 e. The van der Waals surface area contributed by atoms with Crippen molar-refractivity contribution in [1.29, 1.82) is 0 Å². The van der Waals surface area contributed by atoms with E-state index in [9.17, 15) is 31.1 Å². The van der Waals surface area contributed by atoms with Crippen molar-refractivity contribution in [1.82, 2.24) is 9.38 Å². The average molecular weight is 437 g/mol. The Kier molecular flexibility index (Phi) is 5.24. The normalized spacial score (nSPS) is 13.5. The van der Waals surface area contributed by atoms with Gasteiger partial charge < -0.3 is 4.74 Å². The van der Waals surface area contributed by atoms with Gasteiger partial charge in [0.25, 0.3) is 0 Å². The molecule has 154 valence electrons. The number of alkyl halides is 6. The van der Waals surface area contributed by atoms with E-state index in [4.69, 9.17) is 16.3 Å². The Bertz CT molecular complexity index is 1070. The largest absolute Gasteiger partial charge is 0.453 e. The van der Waals surface area contributed by atoms with E-state index in [1.807, 2.05) is 0 Å². The monoisotopic (exact) mass is 436 g/mol. The third-order valence-electron chi connectivity index (χ3n) is 4.04. The Labute approximate surface area is 164 Å². The zero-order valence-electron chi connectivity index (χ0n) is 14.5. The molecule has 2 aromatic heterocycles. The molecular weight excluding hydrogens is 426 g/mol. The molecule has 29 heavy (non-hydrogen) atoms. The Hall–Kier alpha value is -2.75. The highest BCUT2D eigenvalue weighted by atomic mass is 35.5. The highest BCUT2D eigenvalue weighted by Gasteiger charge is 2.41. The van der Waals surface area contributed by atoms with Crippen molar-refractivity contribution in [2.45, 2.75) is 25.4 Å². The van der Waals surface area contributed by atoms with Crippen molar-refractivity contribution in [2.75, 3.05) is 0 Å². The molecule has 0 N–H and O–H groups in total. The molecule has 0 fully saturated rings. The molecule has 0 aliphatic carbocycles. The third kappa shape index (κ3) is 4.16. The second kappa shape index (κ2) is 7.25. The van der Waals surface area contributed by atoms with Crippen molar-refractivity contribution in [3.05, 3.63) is 70.1 Å². The number of carbonyl (C=O) groups excluding carboxylic acids is 1. The van der Waals surface area contributed by atoms with Crippen LogP contribution in [0.5, 0.6) is 0 Å². The fourth-order valence-electron chi connectivity index (χ4n) is 2.70. The molecular formula is C18H11ClF6N2O2. The van der Waals surface area contributed by atoms with Crippen LogP contribution in [-0.4, -0.2) is 15.4 Å². The Morgan fingerprint density at radius 1 is 1.10 bits per heavy atom. The summed E-state index contributed by atoms with van der Waals surface area (Å²) in [6.07, 6.45) is -10.2. The molecule has 1 unspecified atom stereocenters. The van der Waals surface area contributed by atoms with E-state index in [2.05, 4.69) is 4.98 Å². The summed E-state index contributed by atoms with van der Waals surface area (Å²) in [7, 11) is 0. The van der Waals surface area contributed by atoms with Crippen LogP contribution in [0.15, 0.2) is 42.6 Å². The first-order chi connectivity index (χ1) is 13.4. The number of nitrogens with zero attached hydrogens (tertiary/aromatic N) is 2. The first-order valence-electron chi connectivity index (χ1n) is 8.01. The van der Waals surface area contributed by atoms with Crippen molar-refractivity contribution in [3.63, 3.8) is 0 Å². The predicted octanol–water partition coefficient (Wildman–Crippen LogP) is 5.94. The van der Waals surface area contributed by atoms with Crippen LogP contribution < -0.4 is 0 Å². The summed E-state index contributed by atoms with van der Waals surface area (Å²) in [5.74, 6) is -1.41. The number of hydrogen-bond acceptors (Lipinski definition) is 3. The number of imidazole rings is 1. The minimum atomic E-state index is -5.09. The predicted molar refractivity (Wildman–Crippen MR) is 90.5 cm³/mol. The second-order valence-electron chi connectivity index (χ2n) is 6.02. The lowest BCUT2D eigenvalue weighted by molar-refractivity contribution is -0.141. The number of carbonyl (C=O) groups is 1. The number of rotatable bonds is 3. The van der Waals surface area contributed by atoms with Gasteiger partial charge in [0.1, 0.15) is 11.8 Å². The number of esters is 1. The van der Waals surface area contributed by atoms with E-state index in [1.54, 1.807) is 12.1 Å². The summed E-state index contributed by atoms with van der Waals surface area (Å²) in [5.41, 5.74) is -4.21. The van der Waals surface area contributed by atoms with Gasteiger partial charge in [-0.2, -0.15) is 26.3 Å². The fraction of sp³-hybridized carbons (Fsp3) is 0.222. The van der Waals surface area contributed by atoms with E-state index < -0.39 is 47.0 Å². The van der Waals surface area contributed by atoms with Crippen LogP contribution in [0.2, 0.25) is 5.02 Å². The standard InChI is InChI=1S/C18H11ClF6N2O2/c1-9(11-4-2-3-5-12(11)19)29-16(28)14-15(18(23,24)25)26-13-8-10(17(20,21)22)6-7-27(13)14/h2-9H,1H3. The van der Waals surface area contributed by atoms with Gasteiger partial charge in [0.05, 0.1) is 5.56 Å². The molecule has 3 rings (SSSR count). The Balaban J connectivity index is 2.07. The van der Waals surface area contributed by atoms with Gasteiger partial charge >= 0.3 is 18.3 Å². The van der Waals surface area contributed by atoms with Gasteiger partial charge in [0.2, 0.25) is 0 Å². The van der Waals surface area contributed by atoms with Crippen LogP contribution in [-0.2, 0) is 17.1 Å². The van der Waals surface area contributed by atoms with Crippen molar-refractivity contribution < 1.29 is 35.9 Å². The van der Waals surface area contributed by atoms with Crippen molar-refractivity contribution in [3.8, 4) is 0 Å². The van der Waals surface area contributed by atoms with Gasteiger partial charge in [-0.05, 0) is 25.1 Å². The van der Waals surface area contributed by atoms with Crippen molar-refractivity contribution >= 4 is 23.2 Å². The number of hydrogen-bond donors (Lipinski definition) is 0. The van der Waals surface area contributed by atoms with Gasteiger partial charge in [-0.25, -0.2) is 9.78 Å². The number of benzene rings is 1. The zero-order valence-corrected chi connectivity index (χ0v) is 15.2. The molecule has 4 nitrogen and oxygen atoms in total. The summed E-state index contributed by atoms with van der Waals surface area (Å²) >= 11 is 5.99. The van der Waals surface area contributed by atoms with Crippen molar-refractivity contribution in [2.24, 2.45) is 0 Å². The molecule has 0 saturated heterocycles. The van der Waals surface area contributed by atoms with Crippen LogP contribution in [0, 0.1) is 0 Å². The molecule has 2 heterocycles. The van der Waals surface area contributed by atoms with Gasteiger partial charge in [0.15, 0.2) is 11.4 Å². The van der Waals surface area contributed by atoms with Gasteiger partial charge in [0, 0.05) is 16.8 Å². The molecule has 0 radical (unpaired) electrons. The lowest BCUT2D eigenvalue weighted by atomic mass is 10.1. The van der Waals surface area contributed by atoms with E-state index in [0.29, 0.717) is 28.3 Å². The van der Waals surface area contributed by atoms with Crippen LogP contribution >= 0.6 is 11.6 Å². The molecule has 3 aromatic rings. The highest BCUT2D eigenvalue weighted by molar-refractivity contribution is 6.31. The molecule has 0 aliphatic rings. The third-order valence-corrected chi connectivity index (χ3v) is 4.39. The SMILES string of the molecule is CC(OC(=O)c1c(C(F)(F)F)nc2cc(C(F)(F)F)ccn12)c1ccccc1Cl. The first-order valence-corrected chi connectivity index (χ1v) is 8.39. The highest BCUT2D eigenvalue weighted by Crippen LogP contribution is 2.35. The summed E-state index contributed by atoms with van der Waals surface area (Å²) < 4.78 is 84.4. The van der Waals surface area contributed by atoms with E-state index in [0.717, 1.165) is 0 Å². The van der Waals surface area contributed by atoms with E-state index >= 15 is 0 Å². The molecule has 0 aliphatic heterocycles. The first kappa shape index (κ1) is 21.0. The molecule has 1 atom stereocenters. The molecule has 1 aromatic carbocycles. The smallest absolute Gasteiger partial charge is 0.435 e. The van der Waals surface area contributed by atoms with Crippen LogP contribution in [0.4, 0.5) is 26.3 Å². The average Bonchev–Trinajstić information content (AvgIpc) is 3.00. The lowest BCUT2D eigenvalue weighted by Crippen LogP contribution is -2.18. The minimum Gasteiger partial charge on any atom is -0.453 e. The Morgan fingerprint density at radius 3 is 2.34 bits per heavy atom. The molecule has 0 bridgehead atoms. The maximum absolute atomic E-state index is 13.4. The van der Waals surface area contributed by atoms with E-state index in [-0.39, 0.29) is 5.02 Å². The van der Waals surface area contributed by atoms with Gasteiger partial charge in [-0.1, -0.05) is 29.8 Å². The van der Waals surface area contributed by atoms with Crippen LogP contribution in [0.25, 0.3) is 5.65 Å². The topological polar surface area (TPSA) is 43.6 Å². The zero-order chi connectivity index (χ0) is 21.6. The molecule has 11 heteroatoms. The number of pyridine rings is 1. The number of aromatic nitrogens is 2. The summed E-state index contributed by atoms with van der Waals surface area (Å²) in [5, 5.41) is 0.233. The number of ether oxygens (including phenoxy) is 1. The quantitative estimate of drug-likeness (QED) is 0.377. The molecule has 0 saturated carbocycles. The second-order valence-corrected chi connectivity index (χ2v) is 6.42. The lowest BCUT2D eigenvalue weighted by Gasteiger charge is -2.16. The van der Waals surface area contributed by atoms with Crippen LogP contribution in [0.3, 0.4) is 0 Å². The van der Waals surface area contributed by atoms with E-state index in [1.165, 1.54) is 19.1 Å². The summed E-state index contributed by atoms with van der Waals surface area (Å²) in [4.78, 5) is 15.7. The molecule has 0 amide bonds. The summed E-state index contributed by atoms with van der Waals surface area (Å²) in [6, 6.07) is 7.21. The summed E-state index contributed by atoms with van der Waals surface area (Å²) in [6.45, 7) is 1.40. The maximum atomic E-state index is 13.4.